The number of benzene rings is 1. The fourth-order valence-corrected chi connectivity index (χ4v) is 3.51. The van der Waals surface area contributed by atoms with Gasteiger partial charge in [-0.15, -0.1) is 11.8 Å². The molecule has 0 saturated heterocycles. The van der Waals surface area contributed by atoms with Crippen molar-refractivity contribution >= 4 is 11.8 Å². The molecule has 3 rings (SSSR count). The van der Waals surface area contributed by atoms with Crippen LogP contribution in [0.5, 0.6) is 0 Å². The molecule has 0 amide bonds. The van der Waals surface area contributed by atoms with E-state index in [1.807, 2.05) is 6.07 Å². The Labute approximate surface area is 130 Å². The molecule has 22 heavy (non-hydrogen) atoms. The van der Waals surface area contributed by atoms with Crippen molar-refractivity contribution in [2.24, 2.45) is 0 Å². The predicted molar refractivity (Wildman–Crippen MR) is 81.1 cm³/mol. The van der Waals surface area contributed by atoms with E-state index in [4.69, 9.17) is 10.00 Å². The van der Waals surface area contributed by atoms with Gasteiger partial charge in [0, 0.05) is 11.3 Å². The average molecular weight is 316 g/mol. The molecular weight excluding hydrogens is 303 g/mol. The predicted octanol–water partition coefficient (Wildman–Crippen LogP) is 2.75. The summed E-state index contributed by atoms with van der Waals surface area (Å²) in [5.41, 5.74) is 1.94. The van der Waals surface area contributed by atoms with Gasteiger partial charge in [0.2, 0.25) is 0 Å². The highest BCUT2D eigenvalue weighted by Crippen LogP contribution is 2.30. The topological polar surface area (TPSA) is 65.9 Å². The molecule has 1 aromatic carbocycles. The van der Waals surface area contributed by atoms with Gasteiger partial charge in [0.05, 0.1) is 18.2 Å². The standard InChI is InChI=1S/C16H13FN2O2S/c17-14-4-2-1-3-10(14)9-22-16-13-8-21-6-5-11(13)12(7-18)15(20)19-16/h1-4H,5-6,8-9H2,(H,19,20). The Morgan fingerprint density at radius 2 is 2.18 bits per heavy atom. The second kappa shape index (κ2) is 6.34. The number of H-pyrrole nitrogens is 1. The number of thioether (sulfide) groups is 1. The molecule has 0 saturated carbocycles. The van der Waals surface area contributed by atoms with Crippen molar-refractivity contribution in [1.82, 2.24) is 4.98 Å². The van der Waals surface area contributed by atoms with Gasteiger partial charge in [-0.05, 0) is 23.6 Å². The number of aromatic amines is 1. The zero-order valence-electron chi connectivity index (χ0n) is 11.7. The summed E-state index contributed by atoms with van der Waals surface area (Å²) in [7, 11) is 0. The van der Waals surface area contributed by atoms with Crippen LogP contribution in [-0.4, -0.2) is 11.6 Å². The number of nitrogens with zero attached hydrogens (tertiary/aromatic N) is 1. The van der Waals surface area contributed by atoms with Crippen molar-refractivity contribution in [3.05, 3.63) is 62.7 Å². The summed E-state index contributed by atoms with van der Waals surface area (Å²) in [5.74, 6) is 0.136. The number of halogens is 1. The Balaban J connectivity index is 1.95. The molecule has 1 N–H and O–H groups in total. The van der Waals surface area contributed by atoms with Gasteiger partial charge in [0.1, 0.15) is 17.4 Å². The van der Waals surface area contributed by atoms with Crippen molar-refractivity contribution in [2.75, 3.05) is 6.61 Å². The van der Waals surface area contributed by atoms with Crippen LogP contribution in [0.4, 0.5) is 4.39 Å². The van der Waals surface area contributed by atoms with Gasteiger partial charge in [-0.2, -0.15) is 5.26 Å². The summed E-state index contributed by atoms with van der Waals surface area (Å²) in [6.45, 7) is 0.864. The fourth-order valence-electron chi connectivity index (χ4n) is 2.45. The van der Waals surface area contributed by atoms with Crippen LogP contribution in [-0.2, 0) is 23.5 Å². The Hall–Kier alpha value is -2.10. The summed E-state index contributed by atoms with van der Waals surface area (Å²) in [6, 6.07) is 8.51. The molecule has 1 aliphatic rings. The molecule has 4 nitrogen and oxygen atoms in total. The molecule has 0 aliphatic carbocycles. The van der Waals surface area contributed by atoms with E-state index in [1.165, 1.54) is 17.8 Å². The zero-order valence-corrected chi connectivity index (χ0v) is 12.5. The molecule has 112 valence electrons. The minimum atomic E-state index is -0.390. The minimum Gasteiger partial charge on any atom is -0.376 e. The van der Waals surface area contributed by atoms with E-state index >= 15 is 0 Å². The Kier molecular flexibility index (Phi) is 4.27. The molecule has 0 spiro atoms. The molecule has 0 radical (unpaired) electrons. The SMILES string of the molecule is N#Cc1c2c(c(SCc3ccccc3F)[nH]c1=O)COCC2. The van der Waals surface area contributed by atoms with E-state index in [1.54, 1.807) is 18.2 Å². The molecule has 1 aliphatic heterocycles. The molecule has 0 fully saturated rings. The number of hydrogen-bond donors (Lipinski definition) is 1. The van der Waals surface area contributed by atoms with Crippen LogP contribution < -0.4 is 5.56 Å². The monoisotopic (exact) mass is 316 g/mol. The average Bonchev–Trinajstić information content (AvgIpc) is 2.54. The van der Waals surface area contributed by atoms with Crippen LogP contribution >= 0.6 is 11.8 Å². The number of ether oxygens (including phenoxy) is 1. The number of aromatic nitrogens is 1. The first kappa shape index (κ1) is 14.8. The van der Waals surface area contributed by atoms with E-state index in [9.17, 15) is 9.18 Å². The van der Waals surface area contributed by atoms with E-state index in [-0.39, 0.29) is 16.9 Å². The smallest absolute Gasteiger partial charge is 0.267 e. The second-order valence-corrected chi connectivity index (χ2v) is 5.90. The Bertz CT molecular complexity index is 811. The molecule has 0 unspecified atom stereocenters. The quantitative estimate of drug-likeness (QED) is 0.884. The molecule has 1 aromatic heterocycles. The zero-order chi connectivity index (χ0) is 15.5. The van der Waals surface area contributed by atoms with Gasteiger partial charge in [-0.3, -0.25) is 4.79 Å². The summed E-state index contributed by atoms with van der Waals surface area (Å²) in [4.78, 5) is 14.7. The summed E-state index contributed by atoms with van der Waals surface area (Å²) in [5, 5.41) is 9.80. The van der Waals surface area contributed by atoms with Gasteiger partial charge in [0.15, 0.2) is 0 Å². The van der Waals surface area contributed by atoms with Crippen molar-refractivity contribution in [3.63, 3.8) is 0 Å². The first-order chi connectivity index (χ1) is 10.7. The van der Waals surface area contributed by atoms with Gasteiger partial charge < -0.3 is 9.72 Å². The third kappa shape index (κ3) is 2.78. The third-order valence-corrected chi connectivity index (χ3v) is 4.67. The highest BCUT2D eigenvalue weighted by molar-refractivity contribution is 7.98. The van der Waals surface area contributed by atoms with Gasteiger partial charge in [-0.1, -0.05) is 18.2 Å². The maximum Gasteiger partial charge on any atom is 0.267 e. The van der Waals surface area contributed by atoms with Gasteiger partial charge >= 0.3 is 0 Å². The number of rotatable bonds is 3. The molecule has 0 bridgehead atoms. The van der Waals surface area contributed by atoms with Crippen LogP contribution in [0.25, 0.3) is 0 Å². The van der Waals surface area contributed by atoms with E-state index < -0.39 is 0 Å². The molecule has 2 aromatic rings. The van der Waals surface area contributed by atoms with Crippen molar-refractivity contribution in [3.8, 4) is 6.07 Å². The fraction of sp³-hybridized carbons (Fsp3) is 0.250. The highest BCUT2D eigenvalue weighted by atomic mass is 32.2. The number of nitriles is 1. The van der Waals surface area contributed by atoms with E-state index in [2.05, 4.69) is 4.98 Å². The maximum atomic E-state index is 13.7. The molecule has 2 heterocycles. The highest BCUT2D eigenvalue weighted by Gasteiger charge is 2.21. The normalized spacial score (nSPS) is 13.5. The van der Waals surface area contributed by atoms with Gasteiger partial charge in [-0.25, -0.2) is 4.39 Å². The van der Waals surface area contributed by atoms with Gasteiger partial charge in [0.25, 0.3) is 5.56 Å². The van der Waals surface area contributed by atoms with Crippen LogP contribution in [0.3, 0.4) is 0 Å². The summed E-state index contributed by atoms with van der Waals surface area (Å²) >= 11 is 1.35. The number of pyridine rings is 1. The summed E-state index contributed by atoms with van der Waals surface area (Å²) < 4.78 is 19.1. The minimum absolute atomic E-state index is 0.161. The number of nitrogens with one attached hydrogen (secondary N) is 1. The molecule has 6 heteroatoms. The first-order valence-electron chi connectivity index (χ1n) is 6.82. The van der Waals surface area contributed by atoms with Crippen molar-refractivity contribution in [2.45, 2.75) is 23.8 Å². The van der Waals surface area contributed by atoms with Crippen LogP contribution in [0.15, 0.2) is 34.1 Å². The van der Waals surface area contributed by atoms with Crippen molar-refractivity contribution < 1.29 is 9.13 Å². The lowest BCUT2D eigenvalue weighted by atomic mass is 10.0. The third-order valence-electron chi connectivity index (χ3n) is 3.58. The second-order valence-electron chi connectivity index (χ2n) is 4.91. The Morgan fingerprint density at radius 1 is 1.36 bits per heavy atom. The molecule has 0 atom stereocenters. The van der Waals surface area contributed by atoms with E-state index in [0.717, 1.165) is 11.1 Å². The van der Waals surface area contributed by atoms with E-state index in [0.29, 0.717) is 36.0 Å². The Morgan fingerprint density at radius 3 is 2.95 bits per heavy atom. The lowest BCUT2D eigenvalue weighted by molar-refractivity contribution is 0.108. The van der Waals surface area contributed by atoms with Crippen LogP contribution in [0, 0.1) is 17.1 Å². The largest absolute Gasteiger partial charge is 0.376 e. The maximum absolute atomic E-state index is 13.7. The lowest BCUT2D eigenvalue weighted by Gasteiger charge is -2.20. The van der Waals surface area contributed by atoms with Crippen molar-refractivity contribution in [1.29, 1.82) is 5.26 Å². The van der Waals surface area contributed by atoms with Crippen LogP contribution in [0.1, 0.15) is 22.3 Å². The number of fused-ring (bicyclic) bond motifs is 1. The lowest BCUT2D eigenvalue weighted by Crippen LogP contribution is -2.22. The molecular formula is C16H13FN2O2S. The number of hydrogen-bond acceptors (Lipinski definition) is 4. The first-order valence-corrected chi connectivity index (χ1v) is 7.81. The summed E-state index contributed by atoms with van der Waals surface area (Å²) in [6.07, 6.45) is 0.551. The van der Waals surface area contributed by atoms with Crippen LogP contribution in [0.2, 0.25) is 0 Å².